The normalized spacial score (nSPS) is 29.4. The Bertz CT molecular complexity index is 1640. The average molecular weight is 478 g/mol. The van der Waals surface area contributed by atoms with Crippen molar-refractivity contribution in [2.24, 2.45) is 0 Å². The summed E-state index contributed by atoms with van der Waals surface area (Å²) in [6.45, 7) is -0.683. The Morgan fingerprint density at radius 3 is 2.40 bits per heavy atom. The van der Waals surface area contributed by atoms with Crippen LogP contribution in [0.25, 0.3) is 32.6 Å². The van der Waals surface area contributed by atoms with E-state index in [2.05, 4.69) is 5.32 Å². The second-order valence-electron chi connectivity index (χ2n) is 8.94. The summed E-state index contributed by atoms with van der Waals surface area (Å²) in [5, 5.41) is 56.6. The molecule has 4 heterocycles. The maximum Gasteiger partial charge on any atom is 0.329 e. The molecule has 0 aliphatic carbocycles. The SMILES string of the molecule is O=C1NC(=O)c2c1c1c(O)ccc3c1c1c2c2ccccc2n1[C@]1(O3)O[C@H](CO)[C@@H](O)[C@H](O)[C@H]1O. The minimum absolute atomic E-state index is 0.00751. The molecule has 6 N–H and O–H groups in total. The van der Waals surface area contributed by atoms with E-state index in [-0.39, 0.29) is 28.0 Å². The monoisotopic (exact) mass is 478 g/mol. The van der Waals surface area contributed by atoms with Gasteiger partial charge in [-0.2, -0.15) is 0 Å². The van der Waals surface area contributed by atoms with E-state index in [0.29, 0.717) is 27.2 Å². The van der Waals surface area contributed by atoms with Gasteiger partial charge in [0.1, 0.15) is 29.8 Å². The van der Waals surface area contributed by atoms with Crippen LogP contribution >= 0.6 is 0 Å². The number of aromatic hydroxyl groups is 1. The quantitative estimate of drug-likeness (QED) is 0.206. The Balaban J connectivity index is 1.75. The van der Waals surface area contributed by atoms with E-state index >= 15 is 0 Å². The van der Waals surface area contributed by atoms with Crippen LogP contribution in [0.1, 0.15) is 20.7 Å². The number of imide groups is 1. The summed E-state index contributed by atoms with van der Waals surface area (Å²) < 4.78 is 13.7. The molecule has 178 valence electrons. The van der Waals surface area contributed by atoms with E-state index < -0.39 is 48.7 Å². The topological polar surface area (TPSA) is 171 Å². The highest BCUT2D eigenvalue weighted by Crippen LogP contribution is 2.53. The first-order chi connectivity index (χ1) is 16.8. The Hall–Kier alpha value is -3.74. The van der Waals surface area contributed by atoms with Crippen molar-refractivity contribution >= 4 is 44.4 Å². The predicted molar refractivity (Wildman–Crippen MR) is 119 cm³/mol. The number of hydrogen-bond donors (Lipinski definition) is 6. The number of hydrogen-bond acceptors (Lipinski definition) is 9. The van der Waals surface area contributed by atoms with Crippen LogP contribution in [0.3, 0.4) is 0 Å². The average Bonchev–Trinajstić information content (AvgIpc) is 3.35. The van der Waals surface area contributed by atoms with Gasteiger partial charge in [-0.1, -0.05) is 18.2 Å². The van der Waals surface area contributed by atoms with E-state index in [1.165, 1.54) is 16.7 Å². The third kappa shape index (κ3) is 2.22. The molecule has 3 aromatic carbocycles. The molecule has 11 nitrogen and oxygen atoms in total. The molecule has 3 aliphatic heterocycles. The van der Waals surface area contributed by atoms with Crippen LogP contribution in [0.4, 0.5) is 0 Å². The largest absolute Gasteiger partial charge is 0.507 e. The molecule has 35 heavy (non-hydrogen) atoms. The van der Waals surface area contributed by atoms with Crippen LogP contribution in [-0.4, -0.2) is 72.9 Å². The lowest BCUT2D eigenvalue weighted by Crippen LogP contribution is -2.68. The number of aliphatic hydroxyl groups excluding tert-OH is 4. The van der Waals surface area contributed by atoms with Crippen LogP contribution < -0.4 is 10.1 Å². The van der Waals surface area contributed by atoms with Gasteiger partial charge >= 0.3 is 5.91 Å². The lowest BCUT2D eigenvalue weighted by atomic mass is 9.92. The number of carbonyl (C=O) groups excluding carboxylic acids is 2. The number of aromatic nitrogens is 1. The zero-order valence-electron chi connectivity index (χ0n) is 17.8. The van der Waals surface area contributed by atoms with Gasteiger partial charge in [-0.05, 0) is 18.2 Å². The molecule has 1 saturated heterocycles. The lowest BCUT2D eigenvalue weighted by Gasteiger charge is -2.50. The fourth-order valence-corrected chi connectivity index (χ4v) is 5.73. The second kappa shape index (κ2) is 6.47. The fourth-order valence-electron chi connectivity index (χ4n) is 5.73. The van der Waals surface area contributed by atoms with Gasteiger partial charge in [-0.25, -0.2) is 0 Å². The molecule has 0 radical (unpaired) electrons. The molecule has 5 atom stereocenters. The molecule has 1 spiro atoms. The van der Waals surface area contributed by atoms with Gasteiger partial charge in [0.15, 0.2) is 6.10 Å². The number of nitrogens with one attached hydrogen (secondary N) is 1. The summed E-state index contributed by atoms with van der Waals surface area (Å²) in [4.78, 5) is 25.8. The van der Waals surface area contributed by atoms with Gasteiger partial charge in [0.05, 0.1) is 34.2 Å². The minimum Gasteiger partial charge on any atom is -0.507 e. The minimum atomic E-state index is -2.16. The number of nitrogens with zero attached hydrogens (tertiary/aromatic N) is 1. The molecular weight excluding hydrogens is 460 g/mol. The van der Waals surface area contributed by atoms with E-state index in [4.69, 9.17) is 9.47 Å². The predicted octanol–water partition coefficient (Wildman–Crippen LogP) is 0.0134. The summed E-state index contributed by atoms with van der Waals surface area (Å²) in [7, 11) is 0. The van der Waals surface area contributed by atoms with Crippen molar-refractivity contribution in [3.63, 3.8) is 0 Å². The number of phenolic OH excluding ortho intramolecular Hbond substituents is 1. The number of ether oxygens (including phenoxy) is 2. The number of carbonyl (C=O) groups is 2. The molecule has 3 aliphatic rings. The van der Waals surface area contributed by atoms with Crippen LogP contribution in [0, 0.1) is 0 Å². The van der Waals surface area contributed by atoms with Crippen molar-refractivity contribution in [3.05, 3.63) is 47.5 Å². The summed E-state index contributed by atoms with van der Waals surface area (Å²) in [6.07, 6.45) is -6.52. The highest BCUT2D eigenvalue weighted by atomic mass is 16.7. The van der Waals surface area contributed by atoms with Crippen LogP contribution in [0.2, 0.25) is 0 Å². The molecule has 1 aromatic heterocycles. The zero-order chi connectivity index (χ0) is 24.4. The van der Waals surface area contributed by atoms with Crippen LogP contribution in [0.15, 0.2) is 36.4 Å². The number of amides is 2. The molecule has 11 heteroatoms. The smallest absolute Gasteiger partial charge is 0.329 e. The summed E-state index contributed by atoms with van der Waals surface area (Å²) >= 11 is 0. The Morgan fingerprint density at radius 1 is 0.943 bits per heavy atom. The van der Waals surface area contributed by atoms with E-state index in [9.17, 15) is 35.1 Å². The molecule has 0 saturated carbocycles. The van der Waals surface area contributed by atoms with Gasteiger partial charge in [-0.15, -0.1) is 0 Å². The molecule has 1 fully saturated rings. The first-order valence-corrected chi connectivity index (χ1v) is 10.9. The third-order valence-corrected chi connectivity index (χ3v) is 7.18. The van der Waals surface area contributed by atoms with Crippen LogP contribution in [-0.2, 0) is 10.6 Å². The number of para-hydroxylation sites is 1. The molecule has 4 aromatic rings. The summed E-state index contributed by atoms with van der Waals surface area (Å²) in [5.74, 6) is -3.61. The Kier molecular flexibility index (Phi) is 3.81. The van der Waals surface area contributed by atoms with Gasteiger partial charge in [0.2, 0.25) is 0 Å². The van der Waals surface area contributed by atoms with Crippen molar-refractivity contribution in [1.82, 2.24) is 9.88 Å². The number of benzene rings is 3. The summed E-state index contributed by atoms with van der Waals surface area (Å²) in [5.41, 5.74) is 0.814. The highest BCUT2D eigenvalue weighted by molar-refractivity contribution is 6.38. The Labute approximate surface area is 195 Å². The van der Waals surface area contributed by atoms with Gasteiger partial charge in [0, 0.05) is 16.2 Å². The molecule has 0 unspecified atom stereocenters. The molecule has 0 bridgehead atoms. The van der Waals surface area contributed by atoms with Gasteiger partial charge in [0.25, 0.3) is 11.8 Å². The van der Waals surface area contributed by atoms with E-state index in [1.807, 2.05) is 0 Å². The van der Waals surface area contributed by atoms with Crippen molar-refractivity contribution in [2.45, 2.75) is 30.3 Å². The Morgan fingerprint density at radius 2 is 1.66 bits per heavy atom. The number of rotatable bonds is 1. The maximum atomic E-state index is 13.0. The van der Waals surface area contributed by atoms with Crippen molar-refractivity contribution in [1.29, 1.82) is 0 Å². The molecular formula is C24H18N2O9. The highest BCUT2D eigenvalue weighted by Gasteiger charge is 2.60. The van der Waals surface area contributed by atoms with Crippen molar-refractivity contribution in [2.75, 3.05) is 6.61 Å². The summed E-state index contributed by atoms with van der Waals surface area (Å²) in [6, 6.07) is 9.56. The molecule has 2 amide bonds. The van der Waals surface area contributed by atoms with Gasteiger partial charge in [-0.3, -0.25) is 19.5 Å². The van der Waals surface area contributed by atoms with Crippen LogP contribution in [0.5, 0.6) is 11.5 Å². The lowest BCUT2D eigenvalue weighted by molar-refractivity contribution is -0.376. The van der Waals surface area contributed by atoms with Crippen molar-refractivity contribution < 1.29 is 44.6 Å². The standard InChI is InChI=1S/C24H18N2O9/c27-7-12-19(29)20(30)21(31)24(35-12)26-9-4-2-1-3-8(9)13-16-17(23(33)25-22(16)32)14-10(28)5-6-11(34-24)15(14)18(13)26/h1-6,12,19-21,27-31H,7H2,(H,25,32,33)/t12-,19-,20+,21-,24-/m1/s1. The number of aliphatic hydroxyl groups is 4. The number of fused-ring (bicyclic) bond motifs is 7. The second-order valence-corrected chi connectivity index (χ2v) is 8.94. The first kappa shape index (κ1) is 20.6. The first-order valence-electron chi connectivity index (χ1n) is 10.9. The fraction of sp³-hybridized carbons (Fsp3) is 0.250. The molecule has 7 rings (SSSR count). The van der Waals surface area contributed by atoms with E-state index in [1.54, 1.807) is 24.3 Å². The maximum absolute atomic E-state index is 13.0. The van der Waals surface area contributed by atoms with Crippen molar-refractivity contribution in [3.8, 4) is 11.5 Å². The third-order valence-electron chi connectivity index (χ3n) is 7.18. The zero-order valence-corrected chi connectivity index (χ0v) is 17.8. The van der Waals surface area contributed by atoms with E-state index in [0.717, 1.165) is 0 Å². The van der Waals surface area contributed by atoms with Gasteiger partial charge < -0.3 is 35.0 Å². The number of phenols is 1.